The molecule has 0 bridgehead atoms. The molecule has 2 rings (SSSR count). The number of nitrogens with zero attached hydrogens (tertiary/aromatic N) is 2. The summed E-state index contributed by atoms with van der Waals surface area (Å²) in [6.45, 7) is 1.75. The second-order valence-electron chi connectivity index (χ2n) is 5.82. The predicted molar refractivity (Wildman–Crippen MR) is 104 cm³/mol. The molecule has 0 fully saturated rings. The molecule has 2 N–H and O–H groups in total. The van der Waals surface area contributed by atoms with Crippen LogP contribution in [0.15, 0.2) is 53.6 Å². The van der Waals surface area contributed by atoms with Crippen molar-refractivity contribution in [2.45, 2.75) is 19.8 Å². The monoisotopic (exact) mass is 384 g/mol. The third kappa shape index (κ3) is 6.20. The van der Waals surface area contributed by atoms with E-state index in [1.54, 1.807) is 26.2 Å². The van der Waals surface area contributed by atoms with Crippen molar-refractivity contribution in [2.24, 2.45) is 5.10 Å². The topological polar surface area (TPSA) is 123 Å². The molecule has 0 aliphatic heterocycles. The first kappa shape index (κ1) is 20.6. The number of amides is 2. The smallest absolute Gasteiger partial charge is 0.271 e. The van der Waals surface area contributed by atoms with Gasteiger partial charge in [0, 0.05) is 30.7 Å². The van der Waals surface area contributed by atoms with Crippen molar-refractivity contribution in [1.82, 2.24) is 5.43 Å². The van der Waals surface area contributed by atoms with Gasteiger partial charge in [-0.15, -0.1) is 0 Å². The van der Waals surface area contributed by atoms with E-state index in [0.717, 1.165) is 11.3 Å². The number of ether oxygens (including phenoxy) is 1. The van der Waals surface area contributed by atoms with Gasteiger partial charge in [0.15, 0.2) is 0 Å². The van der Waals surface area contributed by atoms with Crippen LogP contribution < -0.4 is 15.5 Å². The molecule has 0 unspecified atom stereocenters. The van der Waals surface area contributed by atoms with Crippen molar-refractivity contribution in [3.05, 3.63) is 64.2 Å². The van der Waals surface area contributed by atoms with Crippen molar-refractivity contribution in [1.29, 1.82) is 0 Å². The van der Waals surface area contributed by atoms with Gasteiger partial charge in [-0.3, -0.25) is 19.7 Å². The summed E-state index contributed by atoms with van der Waals surface area (Å²) in [7, 11) is 1.57. The zero-order chi connectivity index (χ0) is 20.5. The Labute approximate surface area is 161 Å². The third-order valence-corrected chi connectivity index (χ3v) is 3.78. The number of nitrogens with one attached hydrogen (secondary N) is 2. The maximum atomic E-state index is 11.9. The predicted octanol–water partition coefficient (Wildman–Crippen LogP) is 2.86. The highest BCUT2D eigenvalue weighted by atomic mass is 16.6. The van der Waals surface area contributed by atoms with Gasteiger partial charge >= 0.3 is 0 Å². The van der Waals surface area contributed by atoms with Crippen LogP contribution in [0, 0.1) is 10.1 Å². The number of non-ortho nitro benzene ring substituents is 1. The number of hydrogen-bond acceptors (Lipinski definition) is 6. The molecule has 0 atom stereocenters. The standard InChI is InChI=1S/C19H20N4O5/c1-13(14-6-8-17(28-2)9-7-14)21-22-19(25)11-10-18(24)20-15-4-3-5-16(12-15)23(26)27/h3-9,12H,10-11H2,1-2H3,(H,20,24)(H,22,25)/b21-13-. The van der Waals surface area contributed by atoms with E-state index in [0.29, 0.717) is 11.4 Å². The molecule has 0 aliphatic carbocycles. The summed E-state index contributed by atoms with van der Waals surface area (Å²) in [5.41, 5.74) is 4.01. The Bertz CT molecular complexity index is 893. The lowest BCUT2D eigenvalue weighted by atomic mass is 10.1. The first-order valence-electron chi connectivity index (χ1n) is 8.41. The fraction of sp³-hybridized carbons (Fsp3) is 0.211. The van der Waals surface area contributed by atoms with E-state index in [-0.39, 0.29) is 18.5 Å². The average Bonchev–Trinajstić information content (AvgIpc) is 2.70. The van der Waals surface area contributed by atoms with Gasteiger partial charge in [0.25, 0.3) is 5.69 Å². The van der Waals surface area contributed by atoms with Crippen LogP contribution in [0.5, 0.6) is 5.75 Å². The molecule has 2 aromatic rings. The molecular formula is C19H20N4O5. The van der Waals surface area contributed by atoms with E-state index in [2.05, 4.69) is 15.8 Å². The molecule has 0 radical (unpaired) electrons. The van der Waals surface area contributed by atoms with Crippen LogP contribution in [0.2, 0.25) is 0 Å². The Morgan fingerprint density at radius 2 is 1.79 bits per heavy atom. The van der Waals surface area contributed by atoms with Gasteiger partial charge in [0.05, 0.1) is 17.7 Å². The lowest BCUT2D eigenvalue weighted by Gasteiger charge is -2.06. The van der Waals surface area contributed by atoms with Gasteiger partial charge in [-0.1, -0.05) is 6.07 Å². The van der Waals surface area contributed by atoms with Crippen LogP contribution in [0.25, 0.3) is 0 Å². The molecule has 0 spiro atoms. The fourth-order valence-corrected chi connectivity index (χ4v) is 2.25. The summed E-state index contributed by atoms with van der Waals surface area (Å²) in [6.07, 6.45) is -0.147. The average molecular weight is 384 g/mol. The van der Waals surface area contributed by atoms with E-state index >= 15 is 0 Å². The molecule has 0 aliphatic rings. The van der Waals surface area contributed by atoms with Crippen LogP contribution in [-0.2, 0) is 9.59 Å². The number of nitro benzene ring substituents is 1. The number of hydrogen-bond donors (Lipinski definition) is 2. The summed E-state index contributed by atoms with van der Waals surface area (Å²) in [6, 6.07) is 12.8. The third-order valence-electron chi connectivity index (χ3n) is 3.78. The van der Waals surface area contributed by atoms with E-state index in [1.165, 1.54) is 24.3 Å². The first-order valence-corrected chi connectivity index (χ1v) is 8.41. The molecule has 2 amide bonds. The highest BCUT2D eigenvalue weighted by molar-refractivity contribution is 5.99. The largest absolute Gasteiger partial charge is 0.497 e. The minimum atomic E-state index is -0.549. The van der Waals surface area contributed by atoms with Crippen LogP contribution in [0.3, 0.4) is 0 Å². The number of nitro groups is 1. The lowest BCUT2D eigenvalue weighted by Crippen LogP contribution is -2.21. The van der Waals surface area contributed by atoms with Crippen LogP contribution in [-0.4, -0.2) is 29.6 Å². The molecule has 0 saturated heterocycles. The number of rotatable bonds is 8. The number of methoxy groups -OCH3 is 1. The van der Waals surface area contributed by atoms with E-state index in [4.69, 9.17) is 4.74 Å². The van der Waals surface area contributed by atoms with E-state index < -0.39 is 16.7 Å². The Hall–Kier alpha value is -3.75. The zero-order valence-electron chi connectivity index (χ0n) is 15.5. The highest BCUT2D eigenvalue weighted by Crippen LogP contribution is 2.17. The quantitative estimate of drug-likeness (QED) is 0.411. The molecule has 0 aromatic heterocycles. The SMILES string of the molecule is COc1ccc(/C(C)=N\NC(=O)CCC(=O)Nc2cccc([N+](=O)[O-])c2)cc1. The summed E-state index contributed by atoms with van der Waals surface area (Å²) in [5.74, 6) is -0.121. The lowest BCUT2D eigenvalue weighted by molar-refractivity contribution is -0.384. The van der Waals surface area contributed by atoms with Gasteiger partial charge in [-0.2, -0.15) is 5.10 Å². The van der Waals surface area contributed by atoms with Crippen LogP contribution in [0.1, 0.15) is 25.3 Å². The molecule has 9 heteroatoms. The molecule has 0 saturated carbocycles. The number of carbonyl (C=O) groups is 2. The van der Waals surface area contributed by atoms with Crippen LogP contribution in [0.4, 0.5) is 11.4 Å². The maximum Gasteiger partial charge on any atom is 0.271 e. The van der Waals surface area contributed by atoms with Crippen LogP contribution >= 0.6 is 0 Å². The number of benzene rings is 2. The number of hydrazone groups is 1. The molecule has 146 valence electrons. The molecule has 2 aromatic carbocycles. The number of anilines is 1. The normalized spacial score (nSPS) is 10.9. The Balaban J connectivity index is 1.81. The zero-order valence-corrected chi connectivity index (χ0v) is 15.5. The van der Waals surface area contributed by atoms with Gasteiger partial charge < -0.3 is 10.1 Å². The first-order chi connectivity index (χ1) is 13.4. The van der Waals surface area contributed by atoms with Crippen molar-refractivity contribution in [3.8, 4) is 5.75 Å². The molecule has 0 heterocycles. The van der Waals surface area contributed by atoms with Gasteiger partial charge in [0.2, 0.25) is 11.8 Å². The van der Waals surface area contributed by atoms with Crippen molar-refractivity contribution in [3.63, 3.8) is 0 Å². The highest BCUT2D eigenvalue weighted by Gasteiger charge is 2.10. The van der Waals surface area contributed by atoms with Crippen molar-refractivity contribution < 1.29 is 19.2 Å². The maximum absolute atomic E-state index is 11.9. The van der Waals surface area contributed by atoms with Gasteiger partial charge in [-0.05, 0) is 42.8 Å². The Morgan fingerprint density at radius 1 is 1.11 bits per heavy atom. The summed E-state index contributed by atoms with van der Waals surface area (Å²) < 4.78 is 5.08. The fourth-order valence-electron chi connectivity index (χ4n) is 2.25. The Morgan fingerprint density at radius 3 is 2.43 bits per heavy atom. The number of carbonyl (C=O) groups excluding carboxylic acids is 2. The summed E-state index contributed by atoms with van der Waals surface area (Å²) in [4.78, 5) is 34.0. The summed E-state index contributed by atoms with van der Waals surface area (Å²) >= 11 is 0. The molecule has 28 heavy (non-hydrogen) atoms. The second-order valence-corrected chi connectivity index (χ2v) is 5.82. The minimum Gasteiger partial charge on any atom is -0.497 e. The Kier molecular flexibility index (Phi) is 7.21. The van der Waals surface area contributed by atoms with Crippen molar-refractivity contribution in [2.75, 3.05) is 12.4 Å². The van der Waals surface area contributed by atoms with E-state index in [9.17, 15) is 19.7 Å². The molecule has 9 nitrogen and oxygen atoms in total. The van der Waals surface area contributed by atoms with Gasteiger partial charge in [-0.25, -0.2) is 5.43 Å². The minimum absolute atomic E-state index is 0.0693. The summed E-state index contributed by atoms with van der Waals surface area (Å²) in [5, 5.41) is 17.3. The molecular weight excluding hydrogens is 364 g/mol. The van der Waals surface area contributed by atoms with E-state index in [1.807, 2.05) is 12.1 Å². The second kappa shape index (κ2) is 9.81. The van der Waals surface area contributed by atoms with Gasteiger partial charge in [0.1, 0.15) is 5.75 Å². The van der Waals surface area contributed by atoms with Crippen molar-refractivity contribution >= 4 is 28.9 Å².